The molecule has 9 heavy (non-hydrogen) atoms. The minimum absolute atomic E-state index is 0.347. The zero-order valence-corrected chi connectivity index (χ0v) is 6.63. The maximum Gasteiger partial charge on any atom is 0.119 e. The Balaban J connectivity index is 3.38. The van der Waals surface area contributed by atoms with Crippen LogP contribution >= 0.6 is 0 Å². The molecule has 0 aliphatic heterocycles. The molecule has 0 rings (SSSR count). The zero-order valence-electron chi connectivity index (χ0n) is 6.63. The van der Waals surface area contributed by atoms with Crippen molar-refractivity contribution in [2.45, 2.75) is 6.23 Å². The second-order valence-corrected chi connectivity index (χ2v) is 2.71. The van der Waals surface area contributed by atoms with Crippen LogP contribution in [0, 0.1) is 0 Å². The van der Waals surface area contributed by atoms with Crippen LogP contribution in [0.15, 0.2) is 0 Å². The highest BCUT2D eigenvalue weighted by atomic mass is 16.3. The van der Waals surface area contributed by atoms with Crippen molar-refractivity contribution in [1.82, 2.24) is 9.80 Å². The molecule has 0 fully saturated rings. The van der Waals surface area contributed by atoms with Gasteiger partial charge < -0.3 is 10.0 Å². The molecule has 0 saturated heterocycles. The molecule has 0 spiro atoms. The summed E-state index contributed by atoms with van der Waals surface area (Å²) >= 11 is 0. The quantitative estimate of drug-likeness (QED) is 0.521. The first-order valence-electron chi connectivity index (χ1n) is 3.03. The van der Waals surface area contributed by atoms with Gasteiger partial charge in [0.15, 0.2) is 0 Å². The van der Waals surface area contributed by atoms with Gasteiger partial charge in [-0.15, -0.1) is 0 Å². The van der Waals surface area contributed by atoms with Crippen LogP contribution in [0.2, 0.25) is 0 Å². The molecule has 0 amide bonds. The molecule has 0 aliphatic rings. The van der Waals surface area contributed by atoms with E-state index in [-0.39, 0.29) is 6.23 Å². The van der Waals surface area contributed by atoms with E-state index in [0.717, 1.165) is 0 Å². The van der Waals surface area contributed by atoms with E-state index in [2.05, 4.69) is 0 Å². The van der Waals surface area contributed by atoms with Gasteiger partial charge in [0.2, 0.25) is 0 Å². The Morgan fingerprint density at radius 2 is 1.67 bits per heavy atom. The highest BCUT2D eigenvalue weighted by molar-refractivity contribution is 4.53. The van der Waals surface area contributed by atoms with E-state index in [4.69, 9.17) is 0 Å². The fourth-order valence-electron chi connectivity index (χ4n) is 0.490. The number of hydrogen-bond donors (Lipinski definition) is 1. The summed E-state index contributed by atoms with van der Waals surface area (Å²) < 4.78 is 0. The predicted molar refractivity (Wildman–Crippen MR) is 38.2 cm³/mol. The molecule has 3 nitrogen and oxygen atoms in total. The van der Waals surface area contributed by atoms with E-state index >= 15 is 0 Å². The molecule has 0 aromatic rings. The van der Waals surface area contributed by atoms with Gasteiger partial charge in [-0.3, -0.25) is 4.90 Å². The first-order valence-corrected chi connectivity index (χ1v) is 3.03. The van der Waals surface area contributed by atoms with Gasteiger partial charge in [0, 0.05) is 6.54 Å². The molecule has 0 heterocycles. The molecular weight excluding hydrogens is 116 g/mol. The SMILES string of the molecule is CN(C)CC(O)N(C)C. The van der Waals surface area contributed by atoms with Crippen LogP contribution in [0.4, 0.5) is 0 Å². The molecule has 56 valence electrons. The van der Waals surface area contributed by atoms with Crippen molar-refractivity contribution in [3.8, 4) is 0 Å². The Morgan fingerprint density at radius 1 is 1.22 bits per heavy atom. The maximum absolute atomic E-state index is 9.18. The van der Waals surface area contributed by atoms with E-state index in [1.165, 1.54) is 0 Å². The highest BCUT2D eigenvalue weighted by Crippen LogP contribution is 1.87. The van der Waals surface area contributed by atoms with Crippen LogP contribution in [-0.2, 0) is 0 Å². The molecule has 1 atom stereocenters. The minimum atomic E-state index is -0.347. The van der Waals surface area contributed by atoms with Crippen molar-refractivity contribution in [2.24, 2.45) is 0 Å². The van der Waals surface area contributed by atoms with Crippen molar-refractivity contribution >= 4 is 0 Å². The molecule has 0 bridgehead atoms. The smallest absolute Gasteiger partial charge is 0.119 e. The third kappa shape index (κ3) is 4.39. The fourth-order valence-corrected chi connectivity index (χ4v) is 0.490. The summed E-state index contributed by atoms with van der Waals surface area (Å²) in [6.07, 6.45) is -0.347. The van der Waals surface area contributed by atoms with Gasteiger partial charge in [-0.2, -0.15) is 0 Å². The van der Waals surface area contributed by atoms with Gasteiger partial charge in [0.25, 0.3) is 0 Å². The number of aliphatic hydroxyl groups is 1. The molecule has 0 aromatic heterocycles. The number of nitrogens with zero attached hydrogens (tertiary/aromatic N) is 2. The normalized spacial score (nSPS) is 15.0. The summed E-state index contributed by atoms with van der Waals surface area (Å²) in [5.41, 5.74) is 0. The molecule has 1 N–H and O–H groups in total. The van der Waals surface area contributed by atoms with Gasteiger partial charge in [-0.1, -0.05) is 0 Å². The summed E-state index contributed by atoms with van der Waals surface area (Å²) in [7, 11) is 7.59. The van der Waals surface area contributed by atoms with Crippen LogP contribution in [0.3, 0.4) is 0 Å². The van der Waals surface area contributed by atoms with Crippen molar-refractivity contribution in [3.63, 3.8) is 0 Å². The van der Waals surface area contributed by atoms with Gasteiger partial charge >= 0.3 is 0 Å². The van der Waals surface area contributed by atoms with Crippen LogP contribution in [0.5, 0.6) is 0 Å². The van der Waals surface area contributed by atoms with Gasteiger partial charge in [0.1, 0.15) is 6.23 Å². The van der Waals surface area contributed by atoms with Crippen molar-refractivity contribution < 1.29 is 5.11 Å². The fraction of sp³-hybridized carbons (Fsp3) is 1.00. The number of hydrogen-bond acceptors (Lipinski definition) is 3. The van der Waals surface area contributed by atoms with Crippen LogP contribution in [-0.4, -0.2) is 55.9 Å². The Labute approximate surface area is 56.9 Å². The molecule has 0 saturated carbocycles. The van der Waals surface area contributed by atoms with Gasteiger partial charge in [0.05, 0.1) is 0 Å². The van der Waals surface area contributed by atoms with Gasteiger partial charge in [-0.25, -0.2) is 0 Å². The monoisotopic (exact) mass is 132 g/mol. The number of aliphatic hydroxyl groups excluding tert-OH is 1. The Bertz CT molecular complexity index is 73.5. The van der Waals surface area contributed by atoms with E-state index in [9.17, 15) is 5.11 Å². The van der Waals surface area contributed by atoms with Crippen molar-refractivity contribution in [2.75, 3.05) is 34.7 Å². The van der Waals surface area contributed by atoms with Crippen LogP contribution in [0.25, 0.3) is 0 Å². The summed E-state index contributed by atoms with van der Waals surface area (Å²) in [5.74, 6) is 0. The van der Waals surface area contributed by atoms with E-state index in [0.29, 0.717) is 6.54 Å². The molecule has 0 radical (unpaired) electrons. The maximum atomic E-state index is 9.18. The molecule has 1 unspecified atom stereocenters. The molecule has 0 aliphatic carbocycles. The lowest BCUT2D eigenvalue weighted by Gasteiger charge is -2.21. The highest BCUT2D eigenvalue weighted by Gasteiger charge is 2.05. The second-order valence-electron chi connectivity index (χ2n) is 2.71. The zero-order chi connectivity index (χ0) is 7.44. The third-order valence-corrected chi connectivity index (χ3v) is 1.12. The average Bonchev–Trinajstić information content (AvgIpc) is 1.63. The van der Waals surface area contributed by atoms with Crippen LogP contribution in [0.1, 0.15) is 0 Å². The Hall–Kier alpha value is -0.120. The van der Waals surface area contributed by atoms with E-state index < -0.39 is 0 Å². The lowest BCUT2D eigenvalue weighted by molar-refractivity contribution is 0.0199. The van der Waals surface area contributed by atoms with Gasteiger partial charge in [-0.05, 0) is 28.2 Å². The Morgan fingerprint density at radius 3 is 1.78 bits per heavy atom. The number of likely N-dealkylation sites (N-methyl/N-ethyl adjacent to an activating group) is 2. The predicted octanol–water partition coefficient (Wildman–Crippen LogP) is -0.572. The molecule has 3 heteroatoms. The topological polar surface area (TPSA) is 26.7 Å². The number of rotatable bonds is 3. The summed E-state index contributed by atoms with van der Waals surface area (Å²) in [6.45, 7) is 0.688. The lowest BCUT2D eigenvalue weighted by Crippen LogP contribution is -2.36. The summed E-state index contributed by atoms with van der Waals surface area (Å²) in [6, 6.07) is 0. The lowest BCUT2D eigenvalue weighted by atomic mass is 10.5. The molecule has 0 aromatic carbocycles. The average molecular weight is 132 g/mol. The largest absolute Gasteiger partial charge is 0.377 e. The minimum Gasteiger partial charge on any atom is -0.377 e. The Kier molecular flexibility index (Phi) is 3.77. The van der Waals surface area contributed by atoms with Crippen LogP contribution < -0.4 is 0 Å². The second kappa shape index (κ2) is 3.82. The first kappa shape index (κ1) is 8.88. The van der Waals surface area contributed by atoms with Crippen molar-refractivity contribution in [1.29, 1.82) is 0 Å². The standard InChI is InChI=1S/C6H16N2O/c1-7(2)5-6(9)8(3)4/h6,9H,5H2,1-4H3. The first-order chi connectivity index (χ1) is 4.04. The van der Waals surface area contributed by atoms with Crippen molar-refractivity contribution in [3.05, 3.63) is 0 Å². The third-order valence-electron chi connectivity index (χ3n) is 1.12. The summed E-state index contributed by atoms with van der Waals surface area (Å²) in [4.78, 5) is 3.73. The van der Waals surface area contributed by atoms with E-state index in [1.807, 2.05) is 33.1 Å². The molecular formula is C6H16N2O. The van der Waals surface area contributed by atoms with E-state index in [1.54, 1.807) is 4.90 Å². The summed E-state index contributed by atoms with van der Waals surface area (Å²) in [5, 5.41) is 9.18.